The monoisotopic (exact) mass is 580 g/mol. The highest BCUT2D eigenvalue weighted by Crippen LogP contribution is 2.41. The summed E-state index contributed by atoms with van der Waals surface area (Å²) in [6, 6.07) is 9.22. The second-order valence-corrected chi connectivity index (χ2v) is 11.4. The highest BCUT2D eigenvalue weighted by molar-refractivity contribution is 6.07. The van der Waals surface area contributed by atoms with E-state index in [1.165, 1.54) is 31.6 Å². The Morgan fingerprint density at radius 3 is 2.45 bits per heavy atom. The molecule has 0 bridgehead atoms. The lowest BCUT2D eigenvalue weighted by Gasteiger charge is -2.38. The van der Waals surface area contributed by atoms with Crippen LogP contribution in [0.2, 0.25) is 0 Å². The summed E-state index contributed by atoms with van der Waals surface area (Å²) in [6.45, 7) is 10.4. The van der Waals surface area contributed by atoms with Crippen LogP contribution in [-0.4, -0.2) is 84.7 Å². The fourth-order valence-electron chi connectivity index (χ4n) is 5.58. The van der Waals surface area contributed by atoms with Crippen molar-refractivity contribution in [2.45, 2.75) is 33.6 Å². The molecular weight excluding hydrogens is 544 g/mol. The van der Waals surface area contributed by atoms with E-state index in [9.17, 15) is 24.5 Å². The first-order valence-electron chi connectivity index (χ1n) is 13.7. The molecule has 4 rings (SSSR count). The van der Waals surface area contributed by atoms with Crippen LogP contribution < -0.4 is 0 Å². The van der Waals surface area contributed by atoms with Crippen LogP contribution in [0.15, 0.2) is 63.3 Å². The molecule has 1 amide bonds. The smallest absolute Gasteiger partial charge is 0.336 e. The van der Waals surface area contributed by atoms with Crippen LogP contribution in [0.1, 0.15) is 49.7 Å². The minimum absolute atomic E-state index is 0.0847. The van der Waals surface area contributed by atoms with Gasteiger partial charge < -0.3 is 18.8 Å². The molecule has 12 nitrogen and oxygen atoms in total. The van der Waals surface area contributed by atoms with Crippen LogP contribution in [0, 0.1) is 21.4 Å². The number of carbonyl (C=O) groups is 3. The maximum absolute atomic E-state index is 13.6. The summed E-state index contributed by atoms with van der Waals surface area (Å²) >= 11 is 0. The molecule has 1 aromatic carbocycles. The quantitative estimate of drug-likeness (QED) is 0.245. The molecule has 2 aromatic rings. The molecule has 2 unspecified atom stereocenters. The van der Waals surface area contributed by atoms with Gasteiger partial charge in [-0.25, -0.2) is 4.79 Å². The minimum Gasteiger partial charge on any atom is -0.468 e. The first-order chi connectivity index (χ1) is 19.9. The van der Waals surface area contributed by atoms with Gasteiger partial charge in [-0.15, -0.1) is 0 Å². The lowest BCUT2D eigenvalue weighted by molar-refractivity contribution is -0.384. The number of piperazine rings is 1. The Balaban J connectivity index is 1.47. The van der Waals surface area contributed by atoms with Gasteiger partial charge in [0.25, 0.3) is 11.6 Å². The van der Waals surface area contributed by atoms with Crippen molar-refractivity contribution >= 4 is 29.2 Å². The van der Waals surface area contributed by atoms with Gasteiger partial charge in [0.1, 0.15) is 5.92 Å². The molecule has 1 fully saturated rings. The Labute approximate surface area is 244 Å². The van der Waals surface area contributed by atoms with Crippen molar-refractivity contribution in [2.24, 2.45) is 16.3 Å². The van der Waals surface area contributed by atoms with Crippen molar-refractivity contribution in [1.29, 1.82) is 0 Å². The normalized spacial score (nSPS) is 19.7. The van der Waals surface area contributed by atoms with Crippen molar-refractivity contribution in [3.63, 3.8) is 0 Å². The second kappa shape index (κ2) is 12.7. The Morgan fingerprint density at radius 2 is 1.83 bits per heavy atom. The number of carbonyl (C=O) groups excluding carboxylic acids is 3. The van der Waals surface area contributed by atoms with Gasteiger partial charge in [-0.2, -0.15) is 0 Å². The van der Waals surface area contributed by atoms with E-state index in [4.69, 9.17) is 13.9 Å². The van der Waals surface area contributed by atoms with Gasteiger partial charge in [-0.1, -0.05) is 26.0 Å². The van der Waals surface area contributed by atoms with E-state index in [1.54, 1.807) is 36.9 Å². The summed E-state index contributed by atoms with van der Waals surface area (Å²) in [5.41, 5.74) is 0.808. The Bertz CT molecular complexity index is 1400. The molecule has 2 aliphatic heterocycles. The molecule has 0 N–H and O–H groups in total. The lowest BCUT2D eigenvalue weighted by atomic mass is 9.75. The molecule has 0 aliphatic carbocycles. The maximum atomic E-state index is 13.6. The molecule has 0 saturated carbocycles. The van der Waals surface area contributed by atoms with Crippen molar-refractivity contribution in [1.82, 2.24) is 9.80 Å². The Morgan fingerprint density at radius 1 is 1.12 bits per heavy atom. The number of aliphatic imine (C=N–C) groups is 1. The lowest BCUT2D eigenvalue weighted by Crippen LogP contribution is -2.51. The van der Waals surface area contributed by atoms with Gasteiger partial charge in [-0.3, -0.25) is 29.6 Å². The van der Waals surface area contributed by atoms with E-state index in [0.717, 1.165) is 0 Å². The molecule has 224 valence electrons. The van der Waals surface area contributed by atoms with Crippen molar-refractivity contribution < 1.29 is 33.2 Å². The third-order valence-electron chi connectivity index (χ3n) is 7.58. The highest BCUT2D eigenvalue weighted by Gasteiger charge is 2.43. The van der Waals surface area contributed by atoms with Crippen LogP contribution in [0.4, 0.5) is 5.69 Å². The van der Waals surface area contributed by atoms with Gasteiger partial charge in [-0.05, 0) is 31.5 Å². The largest absolute Gasteiger partial charge is 0.468 e. The zero-order chi connectivity index (χ0) is 30.6. The van der Waals surface area contributed by atoms with Crippen LogP contribution in [-0.2, 0) is 19.1 Å². The number of methoxy groups -OCH3 is 1. The van der Waals surface area contributed by atoms with Gasteiger partial charge in [0.05, 0.1) is 30.5 Å². The molecule has 1 aromatic heterocycles. The summed E-state index contributed by atoms with van der Waals surface area (Å²) in [7, 11) is 1.25. The third-order valence-corrected chi connectivity index (χ3v) is 7.58. The molecule has 12 heteroatoms. The van der Waals surface area contributed by atoms with Crippen molar-refractivity contribution in [3.05, 3.63) is 75.4 Å². The fraction of sp³-hybridized carbons (Fsp3) is 0.467. The number of benzene rings is 1. The first kappa shape index (κ1) is 30.6. The number of amides is 1. The van der Waals surface area contributed by atoms with E-state index >= 15 is 0 Å². The number of hydrogen-bond acceptors (Lipinski definition) is 10. The molecule has 0 radical (unpaired) electrons. The number of esters is 2. The van der Waals surface area contributed by atoms with Crippen molar-refractivity contribution in [2.75, 3.05) is 46.4 Å². The maximum Gasteiger partial charge on any atom is 0.336 e. The van der Waals surface area contributed by atoms with Gasteiger partial charge in [0, 0.05) is 67.6 Å². The molecule has 2 atom stereocenters. The SMILES string of the molecule is COC(=O)C1C(C)=NC(C)=C(C(=O)OCC(C)(C)CN2CCN(C(=O)c3ccco3)CC2)C1c1cccc([N+](=O)[O-])c1. The van der Waals surface area contributed by atoms with E-state index < -0.39 is 34.1 Å². The van der Waals surface area contributed by atoms with Gasteiger partial charge >= 0.3 is 11.9 Å². The standard InChI is InChI=1S/C30H36N4O8/c1-19-24(28(36)40-5)26(21-8-6-9-22(16-21)34(38)39)25(20(2)31-19)29(37)42-18-30(3,4)17-32-11-13-33(14-12-32)27(35)23-10-7-15-41-23/h6-10,15-16,24,26H,11-14,17-18H2,1-5H3. The Hall–Kier alpha value is -4.32. The van der Waals surface area contributed by atoms with Crippen molar-refractivity contribution in [3.8, 4) is 0 Å². The number of hydrogen-bond donors (Lipinski definition) is 0. The summed E-state index contributed by atoms with van der Waals surface area (Å²) in [4.78, 5) is 58.5. The number of non-ortho nitro benzene ring substituents is 1. The minimum atomic E-state index is -0.948. The molecule has 2 aliphatic rings. The predicted molar refractivity (Wildman–Crippen MR) is 153 cm³/mol. The fourth-order valence-corrected chi connectivity index (χ4v) is 5.58. The number of nitrogens with zero attached hydrogens (tertiary/aromatic N) is 4. The van der Waals surface area contributed by atoms with Crippen LogP contribution >= 0.6 is 0 Å². The second-order valence-electron chi connectivity index (χ2n) is 11.4. The van der Waals surface area contributed by atoms with E-state index in [-0.39, 0.29) is 23.8 Å². The first-order valence-corrected chi connectivity index (χ1v) is 13.7. The molecular formula is C30H36N4O8. The number of rotatable bonds is 9. The number of nitro groups is 1. The average Bonchev–Trinajstić information content (AvgIpc) is 3.50. The van der Waals surface area contributed by atoms with Gasteiger partial charge in [0.15, 0.2) is 5.76 Å². The summed E-state index contributed by atoms with van der Waals surface area (Å²) < 4.78 is 16.1. The topological polar surface area (TPSA) is 145 Å². The van der Waals surface area contributed by atoms with Gasteiger partial charge in [0.2, 0.25) is 0 Å². The summed E-state index contributed by atoms with van der Waals surface area (Å²) in [5.74, 6) is -2.88. The van der Waals surface area contributed by atoms with E-state index in [2.05, 4.69) is 9.89 Å². The molecule has 3 heterocycles. The number of nitro benzene ring substituents is 1. The number of furan rings is 1. The van der Waals surface area contributed by atoms with E-state index in [0.29, 0.717) is 55.5 Å². The highest BCUT2D eigenvalue weighted by atomic mass is 16.6. The van der Waals surface area contributed by atoms with Crippen LogP contribution in [0.5, 0.6) is 0 Å². The Kier molecular flexibility index (Phi) is 9.25. The van der Waals surface area contributed by atoms with Crippen LogP contribution in [0.25, 0.3) is 0 Å². The zero-order valence-electron chi connectivity index (χ0n) is 24.5. The number of allylic oxidation sites excluding steroid dienone is 1. The third kappa shape index (κ3) is 6.76. The average molecular weight is 581 g/mol. The molecule has 0 spiro atoms. The number of ether oxygens (including phenoxy) is 2. The predicted octanol–water partition coefficient (Wildman–Crippen LogP) is 3.84. The van der Waals surface area contributed by atoms with E-state index in [1.807, 2.05) is 13.8 Å². The molecule has 42 heavy (non-hydrogen) atoms. The molecule has 1 saturated heterocycles. The summed E-state index contributed by atoms with van der Waals surface area (Å²) in [5, 5.41) is 11.5. The van der Waals surface area contributed by atoms with Crippen LogP contribution in [0.3, 0.4) is 0 Å². The summed E-state index contributed by atoms with van der Waals surface area (Å²) in [6.07, 6.45) is 1.48. The zero-order valence-corrected chi connectivity index (χ0v) is 24.5.